The lowest BCUT2D eigenvalue weighted by atomic mass is 9.87. The van der Waals surface area contributed by atoms with E-state index in [1.54, 1.807) is 0 Å². The van der Waals surface area contributed by atoms with Crippen LogP contribution >= 0.6 is 0 Å². The first-order chi connectivity index (χ1) is 10.5. The number of nitrogens with zero attached hydrogens (tertiary/aromatic N) is 3. The van der Waals surface area contributed by atoms with Gasteiger partial charge in [-0.2, -0.15) is 0 Å². The van der Waals surface area contributed by atoms with Crippen molar-refractivity contribution in [2.24, 2.45) is 7.05 Å². The lowest BCUT2D eigenvalue weighted by molar-refractivity contribution is -0.0372. The van der Waals surface area contributed by atoms with Crippen LogP contribution < -0.4 is 0 Å². The number of hydrogen-bond donors (Lipinski definition) is 0. The Bertz CT molecular complexity index is 538. The lowest BCUT2D eigenvalue weighted by Crippen LogP contribution is -2.57. The van der Waals surface area contributed by atoms with Gasteiger partial charge in [0, 0.05) is 44.5 Å². The summed E-state index contributed by atoms with van der Waals surface area (Å²) >= 11 is 0. The fraction of sp³-hybridized carbons (Fsp3) is 0.706. The van der Waals surface area contributed by atoms with Gasteiger partial charge in [-0.15, -0.1) is 0 Å². The van der Waals surface area contributed by atoms with Crippen molar-refractivity contribution in [3.8, 4) is 0 Å². The molecule has 22 heavy (non-hydrogen) atoms. The smallest absolute Gasteiger partial charge is 0.270 e. The lowest BCUT2D eigenvalue weighted by Gasteiger charge is -2.48. The molecule has 1 aromatic rings. The quantitative estimate of drug-likeness (QED) is 0.834. The Balaban J connectivity index is 1.63. The van der Waals surface area contributed by atoms with Crippen LogP contribution in [0.1, 0.15) is 35.9 Å². The molecule has 0 radical (unpaired) electrons. The highest BCUT2D eigenvalue weighted by molar-refractivity contribution is 5.93. The van der Waals surface area contributed by atoms with E-state index in [-0.39, 0.29) is 11.4 Å². The van der Waals surface area contributed by atoms with E-state index in [9.17, 15) is 4.79 Å². The van der Waals surface area contributed by atoms with Gasteiger partial charge >= 0.3 is 0 Å². The van der Waals surface area contributed by atoms with Crippen molar-refractivity contribution in [3.05, 3.63) is 23.5 Å². The van der Waals surface area contributed by atoms with Gasteiger partial charge in [-0.05, 0) is 38.8 Å². The Morgan fingerprint density at radius 1 is 1.14 bits per heavy atom. The van der Waals surface area contributed by atoms with E-state index < -0.39 is 0 Å². The zero-order valence-corrected chi connectivity index (χ0v) is 14.0. The Hall–Kier alpha value is -1.33. The average molecular weight is 305 g/mol. The van der Waals surface area contributed by atoms with Crippen molar-refractivity contribution < 1.29 is 9.53 Å². The molecule has 1 aromatic heterocycles. The second-order valence-corrected chi connectivity index (χ2v) is 6.81. The van der Waals surface area contributed by atoms with Gasteiger partial charge < -0.3 is 14.2 Å². The van der Waals surface area contributed by atoms with Crippen LogP contribution in [0.5, 0.6) is 0 Å². The standard InChI is InChI=1S/C17H27N3O2/c1-14-4-5-15(18(14)3)16(21)19-8-6-17(2,7-9-19)20-10-12-22-13-11-20/h4-5H,6-13H2,1-3H3. The summed E-state index contributed by atoms with van der Waals surface area (Å²) < 4.78 is 7.44. The Morgan fingerprint density at radius 3 is 2.32 bits per heavy atom. The number of morpholine rings is 1. The van der Waals surface area contributed by atoms with Crippen LogP contribution in [0, 0.1) is 6.92 Å². The second-order valence-electron chi connectivity index (χ2n) is 6.81. The molecule has 2 aliphatic rings. The number of rotatable bonds is 2. The third-order valence-corrected chi connectivity index (χ3v) is 5.49. The Kier molecular flexibility index (Phi) is 4.28. The predicted molar refractivity (Wildman–Crippen MR) is 86.1 cm³/mol. The van der Waals surface area contributed by atoms with Crippen molar-refractivity contribution in [2.75, 3.05) is 39.4 Å². The average Bonchev–Trinajstić information content (AvgIpc) is 2.88. The molecule has 2 saturated heterocycles. The van der Waals surface area contributed by atoms with Gasteiger partial charge in [0.2, 0.25) is 0 Å². The zero-order chi connectivity index (χ0) is 15.7. The molecule has 122 valence electrons. The molecule has 5 heteroatoms. The molecule has 1 amide bonds. The third-order valence-electron chi connectivity index (χ3n) is 5.49. The van der Waals surface area contributed by atoms with Crippen LogP contribution in [0.3, 0.4) is 0 Å². The summed E-state index contributed by atoms with van der Waals surface area (Å²) in [5.41, 5.74) is 2.14. The van der Waals surface area contributed by atoms with Gasteiger partial charge in [0.25, 0.3) is 5.91 Å². The maximum Gasteiger partial charge on any atom is 0.270 e. The van der Waals surface area contributed by atoms with Gasteiger partial charge in [0.15, 0.2) is 0 Å². The number of aromatic nitrogens is 1. The highest BCUT2D eigenvalue weighted by atomic mass is 16.5. The summed E-state index contributed by atoms with van der Waals surface area (Å²) in [6, 6.07) is 3.95. The highest BCUT2D eigenvalue weighted by Gasteiger charge is 2.37. The van der Waals surface area contributed by atoms with Crippen molar-refractivity contribution in [1.82, 2.24) is 14.4 Å². The van der Waals surface area contributed by atoms with E-state index >= 15 is 0 Å². The number of hydrogen-bond acceptors (Lipinski definition) is 3. The van der Waals surface area contributed by atoms with E-state index in [2.05, 4.69) is 11.8 Å². The molecule has 0 N–H and O–H groups in total. The third kappa shape index (κ3) is 2.79. The normalized spacial score (nSPS) is 22.8. The minimum atomic E-state index is 0.166. The number of carbonyl (C=O) groups excluding carboxylic acids is 1. The second kappa shape index (κ2) is 6.05. The minimum Gasteiger partial charge on any atom is -0.379 e. The Labute approximate surface area is 132 Å². The van der Waals surface area contributed by atoms with Crippen LogP contribution in [0.15, 0.2) is 12.1 Å². The van der Waals surface area contributed by atoms with Crippen LogP contribution in [-0.2, 0) is 11.8 Å². The van der Waals surface area contributed by atoms with E-state index in [1.165, 1.54) is 0 Å². The molecule has 0 unspecified atom stereocenters. The maximum absolute atomic E-state index is 12.7. The fourth-order valence-corrected chi connectivity index (χ4v) is 3.60. The molecular formula is C17H27N3O2. The van der Waals surface area contributed by atoms with Crippen LogP contribution in [0.25, 0.3) is 0 Å². The van der Waals surface area contributed by atoms with Crippen LogP contribution in [0.4, 0.5) is 0 Å². The summed E-state index contributed by atoms with van der Waals surface area (Å²) in [6.07, 6.45) is 2.09. The summed E-state index contributed by atoms with van der Waals surface area (Å²) in [6.45, 7) is 9.76. The molecule has 3 rings (SSSR count). The van der Waals surface area contributed by atoms with Gasteiger partial charge in [-0.25, -0.2) is 0 Å². The number of amides is 1. The monoisotopic (exact) mass is 305 g/mol. The number of carbonyl (C=O) groups is 1. The van der Waals surface area contributed by atoms with Crippen LogP contribution in [0.2, 0.25) is 0 Å². The number of ether oxygens (including phenoxy) is 1. The number of aryl methyl sites for hydroxylation is 1. The molecule has 0 aliphatic carbocycles. The molecule has 2 aliphatic heterocycles. The van der Waals surface area contributed by atoms with Gasteiger partial charge in [0.1, 0.15) is 5.69 Å². The van der Waals surface area contributed by atoms with Crippen molar-refractivity contribution in [2.45, 2.75) is 32.2 Å². The molecule has 0 atom stereocenters. The molecule has 3 heterocycles. The molecular weight excluding hydrogens is 278 g/mol. The van der Waals surface area contributed by atoms with Crippen LogP contribution in [-0.4, -0.2) is 65.2 Å². The number of likely N-dealkylation sites (tertiary alicyclic amines) is 1. The fourth-order valence-electron chi connectivity index (χ4n) is 3.60. The molecule has 0 bridgehead atoms. The van der Waals surface area contributed by atoms with E-state index in [0.29, 0.717) is 0 Å². The summed E-state index contributed by atoms with van der Waals surface area (Å²) in [5.74, 6) is 0.166. The topological polar surface area (TPSA) is 37.7 Å². The van der Waals surface area contributed by atoms with Gasteiger partial charge in [-0.3, -0.25) is 9.69 Å². The molecule has 2 fully saturated rings. The van der Waals surface area contributed by atoms with E-state index in [0.717, 1.165) is 63.6 Å². The summed E-state index contributed by atoms with van der Waals surface area (Å²) in [4.78, 5) is 17.3. The summed E-state index contributed by atoms with van der Waals surface area (Å²) in [7, 11) is 1.96. The predicted octanol–water partition coefficient (Wildman–Crippen LogP) is 1.66. The Morgan fingerprint density at radius 2 is 1.77 bits per heavy atom. The molecule has 0 spiro atoms. The minimum absolute atomic E-state index is 0.166. The first-order valence-electron chi connectivity index (χ1n) is 8.26. The van der Waals surface area contributed by atoms with Crippen molar-refractivity contribution >= 4 is 5.91 Å². The SMILES string of the molecule is Cc1ccc(C(=O)N2CCC(C)(N3CCOCC3)CC2)n1C. The molecule has 0 aromatic carbocycles. The van der Waals surface area contributed by atoms with Gasteiger partial charge in [-0.1, -0.05) is 0 Å². The van der Waals surface area contributed by atoms with E-state index in [1.807, 2.05) is 35.6 Å². The van der Waals surface area contributed by atoms with E-state index in [4.69, 9.17) is 4.74 Å². The highest BCUT2D eigenvalue weighted by Crippen LogP contribution is 2.30. The summed E-state index contributed by atoms with van der Waals surface area (Å²) in [5, 5.41) is 0. The molecule has 5 nitrogen and oxygen atoms in total. The van der Waals surface area contributed by atoms with Crippen molar-refractivity contribution in [1.29, 1.82) is 0 Å². The molecule has 0 saturated carbocycles. The van der Waals surface area contributed by atoms with Gasteiger partial charge in [0.05, 0.1) is 13.2 Å². The number of piperidine rings is 1. The first-order valence-corrected chi connectivity index (χ1v) is 8.26. The van der Waals surface area contributed by atoms with Crippen molar-refractivity contribution in [3.63, 3.8) is 0 Å². The first kappa shape index (κ1) is 15.6. The largest absolute Gasteiger partial charge is 0.379 e. The zero-order valence-electron chi connectivity index (χ0n) is 14.0. The maximum atomic E-state index is 12.7.